The summed E-state index contributed by atoms with van der Waals surface area (Å²) in [5.74, 6) is -1.44. The molecule has 2 aromatic rings. The van der Waals surface area contributed by atoms with Crippen molar-refractivity contribution in [3.05, 3.63) is 46.9 Å². The van der Waals surface area contributed by atoms with Crippen LogP contribution in [0.4, 0.5) is 15.0 Å². The van der Waals surface area contributed by atoms with Crippen LogP contribution >= 0.6 is 0 Å². The number of Topliss-reactive ketones (excluding diaryl/α,β-unsaturated/α-hetero) is 1. The molecule has 8 nitrogen and oxygen atoms in total. The Labute approximate surface area is 168 Å². The first kappa shape index (κ1) is 22.1. The largest absolute Gasteiger partial charge is 0.444 e. The molecule has 9 heteroatoms. The van der Waals surface area contributed by atoms with E-state index in [0.29, 0.717) is 16.7 Å². The lowest BCUT2D eigenvalue weighted by atomic mass is 9.95. The van der Waals surface area contributed by atoms with Crippen molar-refractivity contribution in [1.82, 2.24) is 15.5 Å². The number of aromatic amines is 1. The fraction of sp³-hybridized carbons (Fsp3) is 0.400. The summed E-state index contributed by atoms with van der Waals surface area (Å²) >= 11 is 0. The number of benzene rings is 1. The SMILES string of the molecule is Cc1cccc(CC(=O)[C@H](C)NC(=O)OC(C)(C)C)c1C(=O)Nc1cc(F)[nH]n1. The number of hydrogen-bond donors (Lipinski definition) is 3. The molecule has 3 N–H and O–H groups in total. The van der Waals surface area contributed by atoms with Crippen molar-refractivity contribution in [3.63, 3.8) is 0 Å². The summed E-state index contributed by atoms with van der Waals surface area (Å²) in [5.41, 5.74) is 0.757. The van der Waals surface area contributed by atoms with Crippen molar-refractivity contribution in [1.29, 1.82) is 0 Å². The predicted molar refractivity (Wildman–Crippen MR) is 105 cm³/mol. The van der Waals surface area contributed by atoms with Gasteiger partial charge in [0, 0.05) is 18.1 Å². The van der Waals surface area contributed by atoms with Crippen molar-refractivity contribution in [2.24, 2.45) is 0 Å². The average Bonchev–Trinajstić information content (AvgIpc) is 2.97. The highest BCUT2D eigenvalue weighted by atomic mass is 19.1. The normalized spacial score (nSPS) is 12.2. The first-order chi connectivity index (χ1) is 13.5. The van der Waals surface area contributed by atoms with Crippen LogP contribution in [-0.4, -0.2) is 39.6 Å². The minimum absolute atomic E-state index is 0.0352. The maximum atomic E-state index is 13.0. The van der Waals surface area contributed by atoms with Crippen LogP contribution in [0.15, 0.2) is 24.3 Å². The minimum Gasteiger partial charge on any atom is -0.444 e. The second-order valence-corrected chi connectivity index (χ2v) is 7.68. The molecule has 0 fully saturated rings. The highest BCUT2D eigenvalue weighted by molar-refractivity contribution is 6.06. The van der Waals surface area contributed by atoms with Crippen molar-refractivity contribution in [2.45, 2.75) is 52.7 Å². The van der Waals surface area contributed by atoms with E-state index in [9.17, 15) is 18.8 Å². The molecule has 0 bridgehead atoms. The number of ketones is 1. The topological polar surface area (TPSA) is 113 Å². The Bertz CT molecular complexity index is 917. The van der Waals surface area contributed by atoms with Crippen LogP contribution in [0.3, 0.4) is 0 Å². The summed E-state index contributed by atoms with van der Waals surface area (Å²) < 4.78 is 18.2. The molecule has 2 amide bonds. The van der Waals surface area contributed by atoms with Crippen molar-refractivity contribution >= 4 is 23.6 Å². The molecule has 0 unspecified atom stereocenters. The average molecular weight is 404 g/mol. The van der Waals surface area contributed by atoms with Crippen LogP contribution in [0.5, 0.6) is 0 Å². The number of carbonyl (C=O) groups is 3. The van der Waals surface area contributed by atoms with Crippen LogP contribution in [0, 0.1) is 12.9 Å². The summed E-state index contributed by atoms with van der Waals surface area (Å²) in [5, 5.41) is 10.7. The van der Waals surface area contributed by atoms with Gasteiger partial charge >= 0.3 is 6.09 Å². The monoisotopic (exact) mass is 404 g/mol. The van der Waals surface area contributed by atoms with Gasteiger partial charge in [-0.3, -0.25) is 14.7 Å². The van der Waals surface area contributed by atoms with Gasteiger partial charge in [-0.25, -0.2) is 4.79 Å². The van der Waals surface area contributed by atoms with Crippen LogP contribution < -0.4 is 10.6 Å². The molecular weight excluding hydrogens is 379 g/mol. The van der Waals surface area contributed by atoms with Gasteiger partial charge in [0.1, 0.15) is 5.60 Å². The van der Waals surface area contributed by atoms with Gasteiger partial charge in [0.25, 0.3) is 5.91 Å². The van der Waals surface area contributed by atoms with Crippen LogP contribution in [0.25, 0.3) is 0 Å². The van der Waals surface area contributed by atoms with E-state index in [-0.39, 0.29) is 18.0 Å². The highest BCUT2D eigenvalue weighted by Crippen LogP contribution is 2.18. The number of hydrogen-bond acceptors (Lipinski definition) is 5. The Morgan fingerprint density at radius 1 is 1.28 bits per heavy atom. The number of nitrogens with zero attached hydrogens (tertiary/aromatic N) is 1. The molecule has 0 radical (unpaired) electrons. The van der Waals surface area contributed by atoms with Crippen LogP contribution in [0.2, 0.25) is 0 Å². The van der Waals surface area contributed by atoms with Gasteiger partial charge in [0.15, 0.2) is 11.6 Å². The Hall–Kier alpha value is -3.23. The molecule has 1 aromatic heterocycles. The lowest BCUT2D eigenvalue weighted by molar-refractivity contribution is -0.120. The Morgan fingerprint density at radius 2 is 1.97 bits per heavy atom. The van der Waals surface area contributed by atoms with Gasteiger partial charge in [0.2, 0.25) is 5.95 Å². The number of nitrogens with one attached hydrogen (secondary N) is 3. The number of amides is 2. The van der Waals surface area contributed by atoms with Gasteiger partial charge in [-0.1, -0.05) is 18.2 Å². The van der Waals surface area contributed by atoms with Gasteiger partial charge in [-0.2, -0.15) is 9.49 Å². The molecule has 1 heterocycles. The first-order valence-corrected chi connectivity index (χ1v) is 9.09. The zero-order chi connectivity index (χ0) is 21.8. The molecule has 0 saturated heterocycles. The summed E-state index contributed by atoms with van der Waals surface area (Å²) in [6.07, 6.45) is -0.767. The smallest absolute Gasteiger partial charge is 0.408 e. The maximum Gasteiger partial charge on any atom is 0.408 e. The third-order valence-corrected chi connectivity index (χ3v) is 3.96. The minimum atomic E-state index is -0.804. The standard InChI is InChI=1S/C20H25FN4O4/c1-11-7-6-8-13(17(11)18(27)23-16-10-15(21)24-25-16)9-14(26)12(2)22-19(28)29-20(3,4)5/h6-8,10,12H,9H2,1-5H3,(H,22,28)(H2,23,24,25,27)/t12-/m0/s1. The fourth-order valence-corrected chi connectivity index (χ4v) is 2.65. The van der Waals surface area contributed by atoms with E-state index in [2.05, 4.69) is 20.8 Å². The number of aryl methyl sites for hydroxylation is 1. The van der Waals surface area contributed by atoms with Crippen molar-refractivity contribution in [3.8, 4) is 0 Å². The number of rotatable bonds is 6. The van der Waals surface area contributed by atoms with Gasteiger partial charge in [-0.15, -0.1) is 0 Å². The number of anilines is 1. The van der Waals surface area contributed by atoms with Crippen LogP contribution in [-0.2, 0) is 16.0 Å². The lowest BCUT2D eigenvalue weighted by Gasteiger charge is -2.21. The molecule has 29 heavy (non-hydrogen) atoms. The summed E-state index contributed by atoms with van der Waals surface area (Å²) in [4.78, 5) is 37.1. The summed E-state index contributed by atoms with van der Waals surface area (Å²) in [7, 11) is 0. The number of alkyl carbamates (subject to hydrolysis) is 1. The van der Waals surface area contributed by atoms with Gasteiger partial charge < -0.3 is 15.4 Å². The second-order valence-electron chi connectivity index (χ2n) is 7.68. The van der Waals surface area contributed by atoms with E-state index in [1.807, 2.05) is 0 Å². The second kappa shape index (κ2) is 8.85. The van der Waals surface area contributed by atoms with E-state index in [1.165, 1.54) is 0 Å². The first-order valence-electron chi connectivity index (χ1n) is 9.09. The molecule has 1 atom stereocenters. The molecule has 0 saturated carbocycles. The number of H-pyrrole nitrogens is 1. The third kappa shape index (κ3) is 6.41. The number of halogens is 1. The molecule has 0 aliphatic carbocycles. The third-order valence-electron chi connectivity index (χ3n) is 3.96. The molecule has 0 spiro atoms. The predicted octanol–water partition coefficient (Wildman–Crippen LogP) is 3.13. The molecule has 2 rings (SSSR count). The van der Waals surface area contributed by atoms with E-state index < -0.39 is 29.6 Å². The Morgan fingerprint density at radius 3 is 2.55 bits per heavy atom. The van der Waals surface area contributed by atoms with E-state index in [1.54, 1.807) is 52.8 Å². The number of carbonyl (C=O) groups excluding carboxylic acids is 3. The zero-order valence-corrected chi connectivity index (χ0v) is 17.1. The molecule has 156 valence electrons. The maximum absolute atomic E-state index is 13.0. The van der Waals surface area contributed by atoms with E-state index >= 15 is 0 Å². The quantitative estimate of drug-likeness (QED) is 0.685. The Balaban J connectivity index is 2.12. The molecule has 1 aromatic carbocycles. The van der Waals surface area contributed by atoms with Crippen LogP contribution in [0.1, 0.15) is 49.2 Å². The highest BCUT2D eigenvalue weighted by Gasteiger charge is 2.23. The summed E-state index contributed by atoms with van der Waals surface area (Å²) in [6, 6.07) is 5.37. The molecule has 0 aliphatic rings. The van der Waals surface area contributed by atoms with Gasteiger partial charge in [0.05, 0.1) is 6.04 Å². The zero-order valence-electron chi connectivity index (χ0n) is 17.1. The number of aromatic nitrogens is 2. The van der Waals surface area contributed by atoms with Gasteiger partial charge in [-0.05, 0) is 45.7 Å². The van der Waals surface area contributed by atoms with Crippen molar-refractivity contribution in [2.75, 3.05) is 5.32 Å². The fourth-order valence-electron chi connectivity index (χ4n) is 2.65. The van der Waals surface area contributed by atoms with E-state index in [0.717, 1.165) is 6.07 Å². The lowest BCUT2D eigenvalue weighted by Crippen LogP contribution is -2.42. The molecular formula is C20H25FN4O4. The molecule has 0 aliphatic heterocycles. The van der Waals surface area contributed by atoms with E-state index in [4.69, 9.17) is 4.74 Å². The Kier molecular flexibility index (Phi) is 6.73. The van der Waals surface area contributed by atoms with Crippen molar-refractivity contribution < 1.29 is 23.5 Å². The number of ether oxygens (including phenoxy) is 1. The summed E-state index contributed by atoms with van der Waals surface area (Å²) in [6.45, 7) is 8.45.